The van der Waals surface area contributed by atoms with Gasteiger partial charge in [0, 0.05) is 0 Å². The molecule has 7 heteroatoms. The molecule has 0 aromatic rings. The first kappa shape index (κ1) is 12.3. The molecule has 60 valence electrons. The first-order chi connectivity index (χ1) is 4.46. The summed E-state index contributed by atoms with van der Waals surface area (Å²) in [5.41, 5.74) is 0. The molecule has 0 saturated heterocycles. The Morgan fingerprint density at radius 3 is 1.30 bits per heavy atom. The Bertz CT molecular complexity index is 79.5. The van der Waals surface area contributed by atoms with Gasteiger partial charge in [0.15, 0.2) is 0 Å². The highest BCUT2D eigenvalue weighted by molar-refractivity contribution is 9.51. The van der Waals surface area contributed by atoms with Gasteiger partial charge in [0.25, 0.3) is 12.4 Å². The summed E-state index contributed by atoms with van der Waals surface area (Å²) in [7, 11) is 0. The fraction of sp³-hybridized carbons (Fsp3) is 1.00. The molecular formula is C3H7Br4NSi2. The Kier molecular flexibility index (Phi) is 7.23. The van der Waals surface area contributed by atoms with E-state index in [2.05, 4.69) is 79.2 Å². The number of rotatable bonds is 3. The second-order valence-electron chi connectivity index (χ2n) is 1.94. The summed E-state index contributed by atoms with van der Waals surface area (Å²) in [6.45, 7) is 4.36. The molecule has 0 aromatic heterocycles. The van der Waals surface area contributed by atoms with Crippen LogP contribution in [0.5, 0.6) is 0 Å². The van der Waals surface area contributed by atoms with Gasteiger partial charge in [0.1, 0.15) is 0 Å². The summed E-state index contributed by atoms with van der Waals surface area (Å²) < 4.78 is 2.37. The van der Waals surface area contributed by atoms with E-state index in [1.54, 1.807) is 0 Å². The van der Waals surface area contributed by atoms with Crippen LogP contribution in [-0.2, 0) is 0 Å². The molecule has 0 aliphatic carbocycles. The van der Waals surface area contributed by atoms with Gasteiger partial charge in [0.05, 0.1) is 0 Å². The molecule has 0 heterocycles. The van der Waals surface area contributed by atoms with Crippen LogP contribution in [-0.4, -0.2) is 22.7 Å². The van der Waals surface area contributed by atoms with Crippen LogP contribution in [0.2, 0.25) is 0 Å². The van der Waals surface area contributed by atoms with Gasteiger partial charge in [-0.25, -0.2) is 0 Å². The Morgan fingerprint density at radius 1 is 1.00 bits per heavy atom. The van der Waals surface area contributed by atoms with Gasteiger partial charge in [-0.2, -0.15) is 0 Å². The van der Waals surface area contributed by atoms with Gasteiger partial charge < -0.3 is 4.23 Å². The number of hydrogen-bond acceptors (Lipinski definition) is 1. The smallest absolute Gasteiger partial charge is 0.295 e. The zero-order valence-electron chi connectivity index (χ0n) is 5.54. The van der Waals surface area contributed by atoms with Gasteiger partial charge in [-0.3, -0.25) is 0 Å². The fourth-order valence-electron chi connectivity index (χ4n) is 0.454. The predicted octanol–water partition coefficient (Wildman–Crippen LogP) is 3.25. The summed E-state index contributed by atoms with van der Waals surface area (Å²) in [5, 5.41) is 0. The molecule has 0 aliphatic heterocycles. The van der Waals surface area contributed by atoms with E-state index in [4.69, 9.17) is 0 Å². The normalized spacial score (nSPS) is 12.6. The lowest BCUT2D eigenvalue weighted by Crippen LogP contribution is -2.42. The lowest BCUT2D eigenvalue weighted by molar-refractivity contribution is 0.561. The Morgan fingerprint density at radius 2 is 1.30 bits per heavy atom. The zero-order chi connectivity index (χ0) is 8.31. The summed E-state index contributed by atoms with van der Waals surface area (Å²) in [5.74, 6) is 0. The third-order valence-electron chi connectivity index (χ3n) is 0.881. The molecule has 0 fully saturated rings. The van der Waals surface area contributed by atoms with Crippen molar-refractivity contribution in [1.82, 2.24) is 4.23 Å². The average molecular weight is 433 g/mol. The molecule has 0 aliphatic rings. The van der Waals surface area contributed by atoms with E-state index in [1.165, 1.54) is 0 Å². The number of nitrogens with zero attached hydrogens (tertiary/aromatic N) is 1. The van der Waals surface area contributed by atoms with Crippen molar-refractivity contribution < 1.29 is 0 Å². The second-order valence-corrected chi connectivity index (χ2v) is 19.7. The SMILES string of the molecule is CC(C)N([Si](Br)Br)[Si](Br)Br. The van der Waals surface area contributed by atoms with Crippen LogP contribution < -0.4 is 0 Å². The molecule has 0 aromatic carbocycles. The van der Waals surface area contributed by atoms with Crippen molar-refractivity contribution in [1.29, 1.82) is 0 Å². The van der Waals surface area contributed by atoms with E-state index in [0.717, 1.165) is 0 Å². The first-order valence-electron chi connectivity index (χ1n) is 2.62. The second kappa shape index (κ2) is 5.87. The van der Waals surface area contributed by atoms with E-state index < -0.39 is 12.4 Å². The van der Waals surface area contributed by atoms with Gasteiger partial charge in [-0.1, -0.05) is 75.0 Å². The molecule has 0 unspecified atom stereocenters. The van der Waals surface area contributed by atoms with Crippen LogP contribution in [0.4, 0.5) is 0 Å². The Labute approximate surface area is 96.6 Å². The van der Waals surface area contributed by atoms with Crippen molar-refractivity contribution in [2.75, 3.05) is 0 Å². The average Bonchev–Trinajstić information content (AvgIpc) is 1.59. The molecule has 0 amide bonds. The van der Waals surface area contributed by atoms with Gasteiger partial charge in [0.2, 0.25) is 0 Å². The summed E-state index contributed by atoms with van der Waals surface area (Å²) in [6, 6.07) is 0.570. The largest absolute Gasteiger partial charge is 0.309 e. The third kappa shape index (κ3) is 4.37. The summed E-state index contributed by atoms with van der Waals surface area (Å²) in [6.07, 6.45) is -1.32. The van der Waals surface area contributed by atoms with Crippen LogP contribution in [0.3, 0.4) is 0 Å². The highest BCUT2D eigenvalue weighted by Crippen LogP contribution is 2.20. The van der Waals surface area contributed by atoms with E-state index in [-0.39, 0.29) is 0 Å². The molecule has 10 heavy (non-hydrogen) atoms. The quantitative estimate of drug-likeness (QED) is 0.489. The third-order valence-corrected chi connectivity index (χ3v) is 12.5. The molecule has 1 nitrogen and oxygen atoms in total. The van der Waals surface area contributed by atoms with Crippen LogP contribution >= 0.6 is 61.2 Å². The molecule has 0 atom stereocenters. The molecule has 0 rings (SSSR count). The number of halogens is 4. The fourth-order valence-corrected chi connectivity index (χ4v) is 21.6. The summed E-state index contributed by atoms with van der Waals surface area (Å²) >= 11 is 14.2. The minimum atomic E-state index is -0.662. The molecule has 2 radical (unpaired) electrons. The molecule has 0 bridgehead atoms. The van der Waals surface area contributed by atoms with Crippen LogP contribution in [0, 0.1) is 0 Å². The molecular weight excluding hydrogens is 426 g/mol. The maximum absolute atomic E-state index is 3.55. The van der Waals surface area contributed by atoms with Crippen LogP contribution in [0.15, 0.2) is 0 Å². The minimum absolute atomic E-state index is 0.570. The van der Waals surface area contributed by atoms with Gasteiger partial charge >= 0.3 is 0 Å². The van der Waals surface area contributed by atoms with E-state index in [1.807, 2.05) is 0 Å². The van der Waals surface area contributed by atoms with Crippen molar-refractivity contribution in [2.45, 2.75) is 19.9 Å². The van der Waals surface area contributed by atoms with Crippen molar-refractivity contribution in [3.05, 3.63) is 0 Å². The van der Waals surface area contributed by atoms with Crippen molar-refractivity contribution in [3.8, 4) is 0 Å². The first-order valence-corrected chi connectivity index (χ1v) is 14.5. The highest BCUT2D eigenvalue weighted by atomic mass is 79.9. The van der Waals surface area contributed by atoms with Crippen molar-refractivity contribution in [2.24, 2.45) is 0 Å². The molecule has 0 spiro atoms. The Hall–Kier alpha value is 2.31. The minimum Gasteiger partial charge on any atom is -0.309 e. The van der Waals surface area contributed by atoms with Crippen molar-refractivity contribution in [3.63, 3.8) is 0 Å². The zero-order valence-corrected chi connectivity index (χ0v) is 13.9. The van der Waals surface area contributed by atoms with Gasteiger partial charge in [-0.15, -0.1) is 0 Å². The topological polar surface area (TPSA) is 3.24 Å². The van der Waals surface area contributed by atoms with Crippen LogP contribution in [0.25, 0.3) is 0 Å². The molecule has 0 saturated carbocycles. The number of hydrogen-bond donors (Lipinski definition) is 0. The van der Waals surface area contributed by atoms with Crippen LogP contribution in [0.1, 0.15) is 13.8 Å². The van der Waals surface area contributed by atoms with E-state index in [0.29, 0.717) is 6.04 Å². The highest BCUT2D eigenvalue weighted by Gasteiger charge is 2.25. The molecule has 0 N–H and O–H groups in total. The van der Waals surface area contributed by atoms with Crippen molar-refractivity contribution >= 4 is 73.6 Å². The monoisotopic (exact) mass is 429 g/mol. The lowest BCUT2D eigenvalue weighted by Gasteiger charge is -2.26. The Balaban J connectivity index is 3.98. The standard InChI is InChI=1S/C3H7Br4NSi2/c1-3(2)8(9(4)5)10(6)7/h3H,1-2H3. The van der Waals surface area contributed by atoms with E-state index in [9.17, 15) is 0 Å². The van der Waals surface area contributed by atoms with Gasteiger partial charge in [-0.05, 0) is 6.04 Å². The van der Waals surface area contributed by atoms with E-state index >= 15 is 0 Å². The maximum atomic E-state index is 3.55. The predicted molar refractivity (Wildman–Crippen MR) is 64.2 cm³/mol. The lowest BCUT2D eigenvalue weighted by atomic mass is 10.4. The maximum Gasteiger partial charge on any atom is 0.295 e. The summed E-state index contributed by atoms with van der Waals surface area (Å²) in [4.78, 5) is 0.